The van der Waals surface area contributed by atoms with E-state index in [-0.39, 0.29) is 23.8 Å². The van der Waals surface area contributed by atoms with E-state index in [0.29, 0.717) is 18.7 Å². The lowest BCUT2D eigenvalue weighted by Gasteiger charge is -2.33. The monoisotopic (exact) mass is 349 g/mol. The summed E-state index contributed by atoms with van der Waals surface area (Å²) in [6.45, 7) is 1.35. The van der Waals surface area contributed by atoms with E-state index >= 15 is 0 Å². The van der Waals surface area contributed by atoms with Crippen molar-refractivity contribution in [3.63, 3.8) is 0 Å². The Bertz CT molecular complexity index is 798. The van der Waals surface area contributed by atoms with Crippen LogP contribution in [0.1, 0.15) is 46.7 Å². The van der Waals surface area contributed by atoms with Gasteiger partial charge in [0.25, 0.3) is 5.91 Å². The molecule has 1 aromatic carbocycles. The molecule has 1 aliphatic carbocycles. The molecule has 0 saturated carbocycles. The van der Waals surface area contributed by atoms with Gasteiger partial charge in [0.05, 0.1) is 5.92 Å². The number of benzene rings is 1. The fourth-order valence-corrected chi connectivity index (χ4v) is 4.04. The summed E-state index contributed by atoms with van der Waals surface area (Å²) in [5.74, 6) is 0.151. The van der Waals surface area contributed by atoms with Gasteiger partial charge in [-0.15, -0.1) is 0 Å². The molecular formula is C21H23N3O2. The fourth-order valence-electron chi connectivity index (χ4n) is 4.04. The number of likely N-dealkylation sites (tertiary alicyclic amines) is 1. The zero-order chi connectivity index (χ0) is 17.9. The SMILES string of the molecule is O=C(NC1CCN(C(=O)c2ccncc2)CC1)[C@H]1CCc2ccccc21. The third-order valence-electron chi connectivity index (χ3n) is 5.51. The second-order valence-electron chi connectivity index (χ2n) is 7.10. The van der Waals surface area contributed by atoms with E-state index < -0.39 is 0 Å². The topological polar surface area (TPSA) is 62.3 Å². The Hall–Kier alpha value is -2.69. The first-order valence-corrected chi connectivity index (χ1v) is 9.30. The highest BCUT2D eigenvalue weighted by atomic mass is 16.2. The van der Waals surface area contributed by atoms with Gasteiger partial charge < -0.3 is 10.2 Å². The molecule has 2 aliphatic rings. The summed E-state index contributed by atoms with van der Waals surface area (Å²) >= 11 is 0. The van der Waals surface area contributed by atoms with Crippen LogP contribution in [0.15, 0.2) is 48.8 Å². The van der Waals surface area contributed by atoms with Crippen molar-refractivity contribution in [3.8, 4) is 0 Å². The zero-order valence-corrected chi connectivity index (χ0v) is 14.7. The smallest absolute Gasteiger partial charge is 0.253 e. The van der Waals surface area contributed by atoms with Crippen LogP contribution in [0.25, 0.3) is 0 Å². The Kier molecular flexibility index (Phi) is 4.69. The minimum atomic E-state index is -0.0253. The highest BCUT2D eigenvalue weighted by molar-refractivity contribution is 5.94. The number of carbonyl (C=O) groups is 2. The predicted octanol–water partition coefficient (Wildman–Crippen LogP) is 2.53. The summed E-state index contributed by atoms with van der Waals surface area (Å²) in [7, 11) is 0. The Labute approximate surface area is 153 Å². The minimum Gasteiger partial charge on any atom is -0.353 e. The molecule has 26 heavy (non-hydrogen) atoms. The van der Waals surface area contributed by atoms with E-state index in [4.69, 9.17) is 0 Å². The summed E-state index contributed by atoms with van der Waals surface area (Å²) in [5, 5.41) is 3.21. The van der Waals surface area contributed by atoms with Crippen LogP contribution >= 0.6 is 0 Å². The number of fused-ring (bicyclic) bond motifs is 1. The number of carbonyl (C=O) groups excluding carboxylic acids is 2. The maximum atomic E-state index is 12.7. The lowest BCUT2D eigenvalue weighted by Crippen LogP contribution is -2.47. The molecule has 134 valence electrons. The second-order valence-corrected chi connectivity index (χ2v) is 7.10. The highest BCUT2D eigenvalue weighted by Gasteiger charge is 2.31. The van der Waals surface area contributed by atoms with Gasteiger partial charge >= 0.3 is 0 Å². The number of aromatic nitrogens is 1. The van der Waals surface area contributed by atoms with Crippen LogP contribution in [-0.2, 0) is 11.2 Å². The van der Waals surface area contributed by atoms with Crippen LogP contribution in [0.3, 0.4) is 0 Å². The van der Waals surface area contributed by atoms with Gasteiger partial charge in [-0.3, -0.25) is 14.6 Å². The van der Waals surface area contributed by atoms with Crippen LogP contribution < -0.4 is 5.32 Å². The zero-order valence-electron chi connectivity index (χ0n) is 14.7. The summed E-state index contributed by atoms with van der Waals surface area (Å²) in [4.78, 5) is 31.0. The van der Waals surface area contributed by atoms with Crippen LogP contribution in [0.2, 0.25) is 0 Å². The molecule has 0 unspecified atom stereocenters. The molecule has 0 bridgehead atoms. The maximum Gasteiger partial charge on any atom is 0.253 e. The van der Waals surface area contributed by atoms with Crippen molar-refractivity contribution in [2.24, 2.45) is 0 Å². The molecule has 2 aromatic rings. The average Bonchev–Trinajstić information content (AvgIpc) is 3.13. The standard InChI is InChI=1S/C21H23N3O2/c25-20(19-6-5-15-3-1-2-4-18(15)19)23-17-9-13-24(14-10-17)21(26)16-7-11-22-12-8-16/h1-4,7-8,11-12,17,19H,5-6,9-10,13-14H2,(H,23,25)/t19-/m0/s1. The van der Waals surface area contributed by atoms with Crippen molar-refractivity contribution in [2.75, 3.05) is 13.1 Å². The van der Waals surface area contributed by atoms with Gasteiger partial charge in [0, 0.05) is 37.1 Å². The van der Waals surface area contributed by atoms with Crippen molar-refractivity contribution in [2.45, 2.75) is 37.6 Å². The van der Waals surface area contributed by atoms with Crippen molar-refractivity contribution in [1.29, 1.82) is 0 Å². The third kappa shape index (κ3) is 3.34. The van der Waals surface area contributed by atoms with E-state index in [1.807, 2.05) is 17.0 Å². The molecule has 5 heteroatoms. The first-order valence-electron chi connectivity index (χ1n) is 9.30. The third-order valence-corrected chi connectivity index (χ3v) is 5.51. The Balaban J connectivity index is 1.32. The number of amides is 2. The molecule has 1 aromatic heterocycles. The van der Waals surface area contributed by atoms with E-state index in [0.717, 1.165) is 25.7 Å². The minimum absolute atomic E-state index is 0.0253. The normalized spacial score (nSPS) is 19.8. The second kappa shape index (κ2) is 7.28. The number of aryl methyl sites for hydroxylation is 1. The van der Waals surface area contributed by atoms with Gasteiger partial charge in [0.15, 0.2) is 0 Å². The number of nitrogens with zero attached hydrogens (tertiary/aromatic N) is 2. The van der Waals surface area contributed by atoms with Gasteiger partial charge in [-0.05, 0) is 48.9 Å². The van der Waals surface area contributed by atoms with Gasteiger partial charge in [-0.2, -0.15) is 0 Å². The molecule has 0 spiro atoms. The summed E-state index contributed by atoms with van der Waals surface area (Å²) in [6, 6.07) is 11.9. The van der Waals surface area contributed by atoms with Crippen LogP contribution in [0.5, 0.6) is 0 Å². The maximum absolute atomic E-state index is 12.7. The fraction of sp³-hybridized carbons (Fsp3) is 0.381. The number of rotatable bonds is 3. The predicted molar refractivity (Wildman–Crippen MR) is 98.8 cm³/mol. The summed E-state index contributed by atoms with van der Waals surface area (Å²) in [6.07, 6.45) is 6.75. The number of nitrogens with one attached hydrogen (secondary N) is 1. The molecule has 2 amide bonds. The largest absolute Gasteiger partial charge is 0.353 e. The van der Waals surface area contributed by atoms with Crippen molar-refractivity contribution in [3.05, 3.63) is 65.5 Å². The Morgan fingerprint density at radius 3 is 2.50 bits per heavy atom. The van der Waals surface area contributed by atoms with Crippen LogP contribution in [0, 0.1) is 0 Å². The van der Waals surface area contributed by atoms with Gasteiger partial charge in [0.2, 0.25) is 5.91 Å². The van der Waals surface area contributed by atoms with Gasteiger partial charge in [-0.25, -0.2) is 0 Å². The van der Waals surface area contributed by atoms with Crippen molar-refractivity contribution in [1.82, 2.24) is 15.2 Å². The number of piperidine rings is 1. The average molecular weight is 349 g/mol. The van der Waals surface area contributed by atoms with E-state index in [9.17, 15) is 9.59 Å². The molecule has 1 fully saturated rings. The molecule has 0 radical (unpaired) electrons. The quantitative estimate of drug-likeness (QED) is 0.926. The molecule has 1 N–H and O–H groups in total. The van der Waals surface area contributed by atoms with Crippen molar-refractivity contribution < 1.29 is 9.59 Å². The number of hydrogen-bond acceptors (Lipinski definition) is 3. The molecule has 1 aliphatic heterocycles. The first-order chi connectivity index (χ1) is 12.7. The Morgan fingerprint density at radius 1 is 1.00 bits per heavy atom. The highest BCUT2D eigenvalue weighted by Crippen LogP contribution is 2.33. The van der Waals surface area contributed by atoms with Crippen LogP contribution in [0.4, 0.5) is 0 Å². The molecule has 4 rings (SSSR count). The lowest BCUT2D eigenvalue weighted by atomic mass is 9.98. The van der Waals surface area contributed by atoms with E-state index in [2.05, 4.69) is 22.4 Å². The summed E-state index contributed by atoms with van der Waals surface area (Å²) < 4.78 is 0. The molecular weight excluding hydrogens is 326 g/mol. The number of hydrogen-bond donors (Lipinski definition) is 1. The lowest BCUT2D eigenvalue weighted by molar-refractivity contribution is -0.123. The molecule has 5 nitrogen and oxygen atoms in total. The van der Waals surface area contributed by atoms with Crippen LogP contribution in [-0.4, -0.2) is 40.8 Å². The van der Waals surface area contributed by atoms with Gasteiger partial charge in [0.1, 0.15) is 0 Å². The molecule has 1 atom stereocenters. The molecule has 2 heterocycles. The summed E-state index contributed by atoms with van der Waals surface area (Å²) in [5.41, 5.74) is 3.14. The number of pyridine rings is 1. The van der Waals surface area contributed by atoms with E-state index in [1.165, 1.54) is 11.1 Å². The van der Waals surface area contributed by atoms with Crippen molar-refractivity contribution >= 4 is 11.8 Å². The first kappa shape index (κ1) is 16.8. The van der Waals surface area contributed by atoms with E-state index in [1.54, 1.807) is 24.5 Å². The van der Waals surface area contributed by atoms with Gasteiger partial charge in [-0.1, -0.05) is 24.3 Å². The Morgan fingerprint density at radius 2 is 1.73 bits per heavy atom. The molecule has 1 saturated heterocycles.